The van der Waals surface area contributed by atoms with Crippen molar-refractivity contribution in [2.45, 2.75) is 56.5 Å². The van der Waals surface area contributed by atoms with Crippen LogP contribution in [0.25, 0.3) is 0 Å². The molecule has 7 nitrogen and oxygen atoms in total. The lowest BCUT2D eigenvalue weighted by Gasteiger charge is -2.34. The number of amides is 1. The van der Waals surface area contributed by atoms with E-state index < -0.39 is 10.0 Å². The van der Waals surface area contributed by atoms with E-state index in [2.05, 4.69) is 5.32 Å². The van der Waals surface area contributed by atoms with Crippen LogP contribution < -0.4 is 10.2 Å². The number of hydrogen-bond donors (Lipinski definition) is 2. The third-order valence-corrected chi connectivity index (χ3v) is 7.88. The Bertz CT molecular complexity index is 808. The Morgan fingerprint density at radius 1 is 1.11 bits per heavy atom. The molecule has 1 atom stereocenters. The van der Waals surface area contributed by atoms with Crippen molar-refractivity contribution in [1.29, 1.82) is 0 Å². The van der Waals surface area contributed by atoms with Crippen LogP contribution in [0.3, 0.4) is 0 Å². The van der Waals surface area contributed by atoms with Gasteiger partial charge in [0, 0.05) is 11.6 Å². The first-order valence-corrected chi connectivity index (χ1v) is 11.5. The number of Topliss-reactive ketones (excluding diaryl/α,β-unsaturated/α-hetero) is 1. The SMILES string of the molecule is CC(=O)c1ccc(S(=O)(=O)N2CC[NH+]([C@H](C)C(=O)NC3CCCC3)CC2)cc1. The molecular formula is C20H30N3O4S+. The molecular weight excluding hydrogens is 378 g/mol. The first-order chi connectivity index (χ1) is 13.3. The monoisotopic (exact) mass is 408 g/mol. The molecule has 2 fully saturated rings. The van der Waals surface area contributed by atoms with Gasteiger partial charge >= 0.3 is 0 Å². The van der Waals surface area contributed by atoms with Crippen molar-refractivity contribution >= 4 is 21.7 Å². The topological polar surface area (TPSA) is 88.0 Å². The highest BCUT2D eigenvalue weighted by molar-refractivity contribution is 7.89. The summed E-state index contributed by atoms with van der Waals surface area (Å²) in [6, 6.07) is 6.19. The van der Waals surface area contributed by atoms with Gasteiger partial charge in [0.2, 0.25) is 10.0 Å². The van der Waals surface area contributed by atoms with Gasteiger partial charge in [0.1, 0.15) is 0 Å². The molecule has 1 aliphatic heterocycles. The zero-order chi connectivity index (χ0) is 20.3. The van der Waals surface area contributed by atoms with Crippen molar-refractivity contribution in [3.8, 4) is 0 Å². The number of ketones is 1. The first kappa shape index (κ1) is 21.0. The molecule has 0 bridgehead atoms. The number of piperazine rings is 1. The third kappa shape index (κ3) is 4.61. The Kier molecular flexibility index (Phi) is 6.52. The maximum absolute atomic E-state index is 12.9. The molecule has 1 aromatic carbocycles. The van der Waals surface area contributed by atoms with Crippen molar-refractivity contribution in [1.82, 2.24) is 9.62 Å². The van der Waals surface area contributed by atoms with Crippen LogP contribution in [0.1, 0.15) is 49.9 Å². The Morgan fingerprint density at radius 3 is 2.21 bits per heavy atom. The van der Waals surface area contributed by atoms with Gasteiger partial charge in [-0.15, -0.1) is 0 Å². The summed E-state index contributed by atoms with van der Waals surface area (Å²) in [6.45, 7) is 5.34. The summed E-state index contributed by atoms with van der Waals surface area (Å²) in [6.07, 6.45) is 4.47. The fraction of sp³-hybridized carbons (Fsp3) is 0.600. The van der Waals surface area contributed by atoms with Crippen LogP contribution in [-0.2, 0) is 14.8 Å². The number of hydrogen-bond acceptors (Lipinski definition) is 4. The highest BCUT2D eigenvalue weighted by Gasteiger charge is 2.35. The van der Waals surface area contributed by atoms with Gasteiger partial charge in [-0.25, -0.2) is 8.42 Å². The van der Waals surface area contributed by atoms with E-state index in [1.807, 2.05) is 6.92 Å². The molecule has 1 aromatic rings. The maximum Gasteiger partial charge on any atom is 0.278 e. The van der Waals surface area contributed by atoms with Crippen molar-refractivity contribution in [3.63, 3.8) is 0 Å². The van der Waals surface area contributed by atoms with Crippen molar-refractivity contribution in [2.24, 2.45) is 0 Å². The van der Waals surface area contributed by atoms with E-state index in [1.54, 1.807) is 12.1 Å². The Morgan fingerprint density at radius 2 is 1.68 bits per heavy atom. The van der Waals surface area contributed by atoms with Gasteiger partial charge in [-0.1, -0.05) is 25.0 Å². The van der Waals surface area contributed by atoms with E-state index in [0.717, 1.165) is 17.7 Å². The summed E-state index contributed by atoms with van der Waals surface area (Å²) in [5.74, 6) is -0.0240. The third-order valence-electron chi connectivity index (χ3n) is 5.97. The van der Waals surface area contributed by atoms with Gasteiger partial charge in [-0.2, -0.15) is 4.31 Å². The summed E-state index contributed by atoms with van der Waals surface area (Å²) < 4.78 is 27.2. The van der Waals surface area contributed by atoms with Gasteiger partial charge in [-0.3, -0.25) is 9.59 Å². The van der Waals surface area contributed by atoms with Crippen LogP contribution in [0.2, 0.25) is 0 Å². The van der Waals surface area contributed by atoms with Crippen molar-refractivity contribution < 1.29 is 22.9 Å². The first-order valence-electron chi connectivity index (χ1n) is 10.0. The molecule has 1 saturated carbocycles. The predicted octanol–water partition coefficient (Wildman–Crippen LogP) is 0.226. The molecule has 154 valence electrons. The maximum atomic E-state index is 12.9. The highest BCUT2D eigenvalue weighted by atomic mass is 32.2. The van der Waals surface area contributed by atoms with Gasteiger partial charge < -0.3 is 10.2 Å². The molecule has 1 amide bonds. The zero-order valence-electron chi connectivity index (χ0n) is 16.6. The number of carbonyl (C=O) groups excluding carboxylic acids is 2. The predicted molar refractivity (Wildman–Crippen MR) is 106 cm³/mol. The second-order valence-corrected chi connectivity index (χ2v) is 9.79. The normalized spacial score (nSPS) is 20.8. The van der Waals surface area contributed by atoms with Gasteiger partial charge in [0.05, 0.1) is 31.1 Å². The summed E-state index contributed by atoms with van der Waals surface area (Å²) in [4.78, 5) is 25.2. The summed E-state index contributed by atoms with van der Waals surface area (Å²) >= 11 is 0. The second kappa shape index (κ2) is 8.71. The molecule has 0 radical (unpaired) electrons. The van der Waals surface area contributed by atoms with Crippen molar-refractivity contribution in [3.05, 3.63) is 29.8 Å². The minimum Gasteiger partial charge on any atom is -0.348 e. The van der Waals surface area contributed by atoms with E-state index in [0.29, 0.717) is 37.8 Å². The lowest BCUT2D eigenvalue weighted by atomic mass is 10.2. The zero-order valence-corrected chi connectivity index (χ0v) is 17.4. The number of benzene rings is 1. The molecule has 1 heterocycles. The minimum absolute atomic E-state index is 0.0676. The average Bonchev–Trinajstić information content (AvgIpc) is 3.20. The quantitative estimate of drug-likeness (QED) is 0.660. The van der Waals surface area contributed by atoms with Crippen LogP contribution in [0.5, 0.6) is 0 Å². The van der Waals surface area contributed by atoms with E-state index >= 15 is 0 Å². The van der Waals surface area contributed by atoms with Crippen LogP contribution in [0.4, 0.5) is 0 Å². The Labute approximate surface area is 167 Å². The second-order valence-electron chi connectivity index (χ2n) is 7.85. The van der Waals surface area contributed by atoms with Gasteiger partial charge in [0.15, 0.2) is 11.8 Å². The molecule has 0 aromatic heterocycles. The van der Waals surface area contributed by atoms with Crippen LogP contribution in [0, 0.1) is 0 Å². The fourth-order valence-electron chi connectivity index (χ4n) is 4.04. The molecule has 1 saturated heterocycles. The number of quaternary nitrogens is 1. The highest BCUT2D eigenvalue weighted by Crippen LogP contribution is 2.18. The molecule has 2 aliphatic rings. The van der Waals surface area contributed by atoms with E-state index in [4.69, 9.17) is 0 Å². The molecule has 1 aliphatic carbocycles. The standard InChI is InChI=1S/C20H29N3O4S/c1-15(20(25)21-18-5-3-4-6-18)22-11-13-23(14-12-22)28(26,27)19-9-7-17(8-10-19)16(2)24/h7-10,15,18H,3-6,11-14H2,1-2H3,(H,21,25)/p+1/t15-/m1/s1. The molecule has 28 heavy (non-hydrogen) atoms. The average molecular weight is 409 g/mol. The van der Waals surface area contributed by atoms with Crippen LogP contribution in [-0.4, -0.2) is 62.7 Å². The number of carbonyl (C=O) groups is 2. The largest absolute Gasteiger partial charge is 0.348 e. The van der Waals surface area contributed by atoms with Gasteiger partial charge in [0.25, 0.3) is 5.91 Å². The summed E-state index contributed by atoms with van der Waals surface area (Å²) in [5.41, 5.74) is 0.496. The van der Waals surface area contributed by atoms with E-state index in [-0.39, 0.29) is 22.6 Å². The number of sulfonamides is 1. The summed E-state index contributed by atoms with van der Waals surface area (Å²) in [7, 11) is -3.58. The van der Waals surface area contributed by atoms with Crippen LogP contribution >= 0.6 is 0 Å². The lowest BCUT2D eigenvalue weighted by Crippen LogP contribution is -3.19. The van der Waals surface area contributed by atoms with Gasteiger partial charge in [-0.05, 0) is 38.8 Å². The lowest BCUT2D eigenvalue weighted by molar-refractivity contribution is -0.917. The Hall–Kier alpha value is -1.77. The molecule has 3 rings (SSSR count). The number of nitrogens with one attached hydrogen (secondary N) is 2. The van der Waals surface area contributed by atoms with Crippen LogP contribution in [0.15, 0.2) is 29.2 Å². The fourth-order valence-corrected chi connectivity index (χ4v) is 5.48. The molecule has 0 unspecified atom stereocenters. The Balaban J connectivity index is 1.57. The molecule has 2 N–H and O–H groups in total. The smallest absolute Gasteiger partial charge is 0.278 e. The number of nitrogens with zero attached hydrogens (tertiary/aromatic N) is 1. The van der Waals surface area contributed by atoms with E-state index in [1.165, 1.54) is 36.2 Å². The molecule has 8 heteroatoms. The number of rotatable bonds is 6. The summed E-state index contributed by atoms with van der Waals surface area (Å²) in [5, 5.41) is 3.14. The van der Waals surface area contributed by atoms with E-state index in [9.17, 15) is 18.0 Å². The molecule has 0 spiro atoms. The minimum atomic E-state index is -3.58. The van der Waals surface area contributed by atoms with Crippen molar-refractivity contribution in [2.75, 3.05) is 26.2 Å².